The van der Waals surface area contributed by atoms with Crippen LogP contribution in [0.1, 0.15) is 39.2 Å². The number of fused-ring (bicyclic) bond motifs is 1. The van der Waals surface area contributed by atoms with Crippen molar-refractivity contribution in [2.24, 2.45) is 5.92 Å². The highest BCUT2D eigenvalue weighted by atomic mass is 16.5. The number of carbonyl (C=O) groups excluding carboxylic acids is 1. The number of carbonyl (C=O) groups is 1. The highest BCUT2D eigenvalue weighted by Crippen LogP contribution is 2.36. The second-order valence-electron chi connectivity index (χ2n) is 5.00. The van der Waals surface area contributed by atoms with Crippen molar-refractivity contribution in [1.29, 1.82) is 0 Å². The summed E-state index contributed by atoms with van der Waals surface area (Å²) in [5.74, 6) is 1.64. The summed E-state index contributed by atoms with van der Waals surface area (Å²) in [5.41, 5.74) is 1.08. The zero-order valence-electron chi connectivity index (χ0n) is 10.7. The summed E-state index contributed by atoms with van der Waals surface area (Å²) in [7, 11) is 0. The molecule has 1 aliphatic rings. The van der Waals surface area contributed by atoms with E-state index >= 15 is 0 Å². The second kappa shape index (κ2) is 4.35. The van der Waals surface area contributed by atoms with Crippen molar-refractivity contribution in [3.63, 3.8) is 0 Å². The van der Waals surface area contributed by atoms with Gasteiger partial charge in [0.1, 0.15) is 0 Å². The van der Waals surface area contributed by atoms with Gasteiger partial charge in [0.05, 0.1) is 0 Å². The first-order valence-corrected chi connectivity index (χ1v) is 5.97. The molecule has 17 heavy (non-hydrogen) atoms. The molecule has 0 spiro atoms. The zero-order valence-corrected chi connectivity index (χ0v) is 10.7. The fourth-order valence-electron chi connectivity index (χ4n) is 1.94. The molecule has 4 heteroatoms. The van der Waals surface area contributed by atoms with Crippen LogP contribution in [0, 0.1) is 5.92 Å². The molecule has 0 fully saturated rings. The lowest BCUT2D eigenvalue weighted by Gasteiger charge is -2.29. The molecule has 0 aliphatic carbocycles. The molecule has 4 nitrogen and oxygen atoms in total. The van der Waals surface area contributed by atoms with Gasteiger partial charge in [-0.2, -0.15) is 0 Å². The summed E-state index contributed by atoms with van der Waals surface area (Å²) in [4.78, 5) is 16.0. The Balaban J connectivity index is 2.43. The number of rotatable bonds is 2. The third kappa shape index (κ3) is 2.12. The molecule has 0 saturated heterocycles. The standard InChI is InChI=1S/C13H18N2O2/c1-7(2)9-5-6-14-12-11(9)17-10(8(3)4)13(16)15-12/h5-8,10H,1-4H3,(H,14,15,16). The van der Waals surface area contributed by atoms with E-state index in [-0.39, 0.29) is 11.8 Å². The van der Waals surface area contributed by atoms with Gasteiger partial charge in [0.15, 0.2) is 17.7 Å². The molecule has 92 valence electrons. The van der Waals surface area contributed by atoms with Crippen LogP contribution in [0.4, 0.5) is 5.82 Å². The van der Waals surface area contributed by atoms with Crippen LogP contribution in [-0.2, 0) is 4.79 Å². The predicted molar refractivity (Wildman–Crippen MR) is 66.2 cm³/mol. The van der Waals surface area contributed by atoms with Crippen molar-refractivity contribution in [3.8, 4) is 5.75 Å². The number of ether oxygens (including phenoxy) is 1. The molecule has 2 heterocycles. The SMILES string of the molecule is CC(C)c1ccnc2c1OC(C(C)C)C(=O)N2. The van der Waals surface area contributed by atoms with E-state index in [1.807, 2.05) is 19.9 Å². The van der Waals surface area contributed by atoms with Crippen LogP contribution in [0.25, 0.3) is 0 Å². The molecule has 1 aromatic heterocycles. The van der Waals surface area contributed by atoms with Gasteiger partial charge in [-0.3, -0.25) is 4.79 Å². The highest BCUT2D eigenvalue weighted by Gasteiger charge is 2.32. The maximum Gasteiger partial charge on any atom is 0.266 e. The third-order valence-corrected chi connectivity index (χ3v) is 2.91. The number of nitrogens with one attached hydrogen (secondary N) is 1. The molecule has 1 atom stereocenters. The Bertz CT molecular complexity index is 441. The maximum atomic E-state index is 11.8. The van der Waals surface area contributed by atoms with Gasteiger partial charge in [0.2, 0.25) is 0 Å². The van der Waals surface area contributed by atoms with E-state index in [0.29, 0.717) is 11.7 Å². The van der Waals surface area contributed by atoms with Crippen LogP contribution in [-0.4, -0.2) is 17.0 Å². The van der Waals surface area contributed by atoms with E-state index in [4.69, 9.17) is 4.74 Å². The Morgan fingerprint density at radius 2 is 2.06 bits per heavy atom. The summed E-state index contributed by atoms with van der Waals surface area (Å²) < 4.78 is 5.82. The maximum absolute atomic E-state index is 11.8. The smallest absolute Gasteiger partial charge is 0.266 e. The van der Waals surface area contributed by atoms with Crippen LogP contribution < -0.4 is 10.1 Å². The topological polar surface area (TPSA) is 51.2 Å². The summed E-state index contributed by atoms with van der Waals surface area (Å²) in [5, 5.41) is 2.81. The van der Waals surface area contributed by atoms with E-state index in [1.165, 1.54) is 0 Å². The molecular formula is C13H18N2O2. The number of pyridine rings is 1. The van der Waals surface area contributed by atoms with Gasteiger partial charge in [-0.1, -0.05) is 27.7 Å². The lowest BCUT2D eigenvalue weighted by atomic mass is 10.0. The van der Waals surface area contributed by atoms with Crippen molar-refractivity contribution in [2.75, 3.05) is 5.32 Å². The normalized spacial score (nSPS) is 18.9. The molecular weight excluding hydrogens is 216 g/mol. The first-order chi connectivity index (χ1) is 8.00. The van der Waals surface area contributed by atoms with Crippen molar-refractivity contribution < 1.29 is 9.53 Å². The van der Waals surface area contributed by atoms with Crippen LogP contribution in [0.15, 0.2) is 12.3 Å². The van der Waals surface area contributed by atoms with Crippen LogP contribution in [0.3, 0.4) is 0 Å². The first-order valence-electron chi connectivity index (χ1n) is 5.97. The summed E-state index contributed by atoms with van der Waals surface area (Å²) in [6, 6.07) is 1.94. The average molecular weight is 234 g/mol. The van der Waals surface area contributed by atoms with Crippen molar-refractivity contribution in [2.45, 2.75) is 39.7 Å². The molecule has 1 aromatic rings. The number of anilines is 1. The lowest BCUT2D eigenvalue weighted by Crippen LogP contribution is -2.41. The lowest BCUT2D eigenvalue weighted by molar-refractivity contribution is -0.125. The highest BCUT2D eigenvalue weighted by molar-refractivity contribution is 5.97. The molecule has 1 amide bonds. The molecule has 0 saturated carbocycles. The molecule has 1 unspecified atom stereocenters. The molecule has 0 bridgehead atoms. The van der Waals surface area contributed by atoms with Crippen molar-refractivity contribution in [3.05, 3.63) is 17.8 Å². The van der Waals surface area contributed by atoms with Crippen LogP contribution in [0.5, 0.6) is 5.75 Å². The number of nitrogens with zero attached hydrogens (tertiary/aromatic N) is 1. The quantitative estimate of drug-likeness (QED) is 0.855. The molecule has 2 rings (SSSR count). The van der Waals surface area contributed by atoms with Gasteiger partial charge in [-0.25, -0.2) is 4.98 Å². The Morgan fingerprint density at radius 1 is 1.35 bits per heavy atom. The zero-order chi connectivity index (χ0) is 12.6. The number of hydrogen-bond donors (Lipinski definition) is 1. The fourth-order valence-corrected chi connectivity index (χ4v) is 1.94. The van der Waals surface area contributed by atoms with E-state index in [1.54, 1.807) is 6.20 Å². The van der Waals surface area contributed by atoms with Gasteiger partial charge < -0.3 is 10.1 Å². The summed E-state index contributed by atoms with van der Waals surface area (Å²) in [6.45, 7) is 8.14. The Morgan fingerprint density at radius 3 is 2.65 bits per heavy atom. The van der Waals surface area contributed by atoms with Crippen LogP contribution in [0.2, 0.25) is 0 Å². The van der Waals surface area contributed by atoms with Gasteiger partial charge in [-0.05, 0) is 17.9 Å². The number of amides is 1. The molecule has 1 aliphatic heterocycles. The third-order valence-electron chi connectivity index (χ3n) is 2.91. The first kappa shape index (κ1) is 11.9. The second-order valence-corrected chi connectivity index (χ2v) is 5.00. The number of aromatic nitrogens is 1. The predicted octanol–water partition coefficient (Wildman–Crippen LogP) is 2.56. The minimum absolute atomic E-state index is 0.110. The van der Waals surface area contributed by atoms with Gasteiger partial charge in [0.25, 0.3) is 5.91 Å². The molecule has 1 N–H and O–H groups in total. The van der Waals surface area contributed by atoms with Gasteiger partial charge >= 0.3 is 0 Å². The Hall–Kier alpha value is -1.58. The van der Waals surface area contributed by atoms with E-state index in [9.17, 15) is 4.79 Å². The van der Waals surface area contributed by atoms with Crippen molar-refractivity contribution in [1.82, 2.24) is 4.98 Å². The van der Waals surface area contributed by atoms with Crippen molar-refractivity contribution >= 4 is 11.7 Å². The van der Waals surface area contributed by atoms with E-state index in [0.717, 1.165) is 11.3 Å². The average Bonchev–Trinajstić information content (AvgIpc) is 2.26. The van der Waals surface area contributed by atoms with Gasteiger partial charge in [0, 0.05) is 11.8 Å². The number of hydrogen-bond acceptors (Lipinski definition) is 3. The van der Waals surface area contributed by atoms with E-state index in [2.05, 4.69) is 24.1 Å². The van der Waals surface area contributed by atoms with Crippen LogP contribution >= 0.6 is 0 Å². The summed E-state index contributed by atoms with van der Waals surface area (Å²) in [6.07, 6.45) is 1.28. The minimum atomic E-state index is -0.427. The van der Waals surface area contributed by atoms with Gasteiger partial charge in [-0.15, -0.1) is 0 Å². The minimum Gasteiger partial charge on any atom is -0.476 e. The molecule has 0 radical (unpaired) electrons. The Kier molecular flexibility index (Phi) is 3.05. The Labute approximate surface area is 101 Å². The summed E-state index contributed by atoms with van der Waals surface area (Å²) >= 11 is 0. The monoisotopic (exact) mass is 234 g/mol. The van der Waals surface area contributed by atoms with E-state index < -0.39 is 6.10 Å². The molecule has 0 aromatic carbocycles. The largest absolute Gasteiger partial charge is 0.476 e. The fraction of sp³-hybridized carbons (Fsp3) is 0.538.